The number of hydrogen-bond donors (Lipinski definition) is 0. The van der Waals surface area contributed by atoms with Gasteiger partial charge in [0.05, 0.1) is 11.5 Å². The molecule has 5 heteroatoms. The third-order valence-electron chi connectivity index (χ3n) is 1.81. The summed E-state index contributed by atoms with van der Waals surface area (Å²) >= 11 is 3.30. The van der Waals surface area contributed by atoms with E-state index in [0.29, 0.717) is 13.2 Å². The Morgan fingerprint density at radius 2 is 2.27 bits per heavy atom. The highest BCUT2D eigenvalue weighted by molar-refractivity contribution is 9.09. The zero-order chi connectivity index (χ0) is 11.1. The zero-order valence-corrected chi connectivity index (χ0v) is 9.77. The van der Waals surface area contributed by atoms with Crippen molar-refractivity contribution >= 4 is 21.6 Å². The molecule has 0 aliphatic heterocycles. The number of benzene rings is 1. The largest absolute Gasteiger partial charge is 0.377 e. The van der Waals surface area contributed by atoms with Crippen molar-refractivity contribution in [2.45, 2.75) is 13.0 Å². The van der Waals surface area contributed by atoms with Crippen LogP contribution in [0.1, 0.15) is 12.0 Å². The first-order valence-electron chi connectivity index (χ1n) is 4.61. The van der Waals surface area contributed by atoms with Gasteiger partial charge in [-0.05, 0) is 12.0 Å². The summed E-state index contributed by atoms with van der Waals surface area (Å²) in [5, 5.41) is 11.4. The Balaban J connectivity index is 2.47. The van der Waals surface area contributed by atoms with Crippen LogP contribution in [-0.2, 0) is 11.3 Å². The van der Waals surface area contributed by atoms with Crippen LogP contribution in [0.15, 0.2) is 24.3 Å². The van der Waals surface area contributed by atoms with Crippen LogP contribution in [-0.4, -0.2) is 16.9 Å². The fourth-order valence-corrected chi connectivity index (χ4v) is 1.34. The Morgan fingerprint density at radius 1 is 1.47 bits per heavy atom. The molecular formula is C10H12BrNO3. The Labute approximate surface area is 96.5 Å². The Bertz CT molecular complexity index is 330. The van der Waals surface area contributed by atoms with Crippen LogP contribution < -0.4 is 0 Å². The molecule has 0 unspecified atom stereocenters. The lowest BCUT2D eigenvalue weighted by Gasteiger charge is -2.02. The van der Waals surface area contributed by atoms with Gasteiger partial charge in [0.1, 0.15) is 0 Å². The Morgan fingerprint density at radius 3 is 2.93 bits per heavy atom. The number of ether oxygens (including phenoxy) is 1. The smallest absolute Gasteiger partial charge is 0.269 e. The topological polar surface area (TPSA) is 52.4 Å². The van der Waals surface area contributed by atoms with Crippen LogP contribution in [0.5, 0.6) is 0 Å². The first kappa shape index (κ1) is 12.1. The summed E-state index contributed by atoms with van der Waals surface area (Å²) in [5.74, 6) is 0. The lowest BCUT2D eigenvalue weighted by molar-refractivity contribution is -0.384. The van der Waals surface area contributed by atoms with Crippen molar-refractivity contribution in [2.75, 3.05) is 11.9 Å². The van der Waals surface area contributed by atoms with Crippen molar-refractivity contribution in [3.63, 3.8) is 0 Å². The van der Waals surface area contributed by atoms with E-state index in [1.54, 1.807) is 6.07 Å². The van der Waals surface area contributed by atoms with Gasteiger partial charge in [-0.2, -0.15) is 0 Å². The summed E-state index contributed by atoms with van der Waals surface area (Å²) in [6.07, 6.45) is 0.939. The number of nitrogens with zero attached hydrogens (tertiary/aromatic N) is 1. The van der Waals surface area contributed by atoms with E-state index in [2.05, 4.69) is 15.9 Å². The minimum atomic E-state index is -0.401. The molecule has 82 valence electrons. The SMILES string of the molecule is O=[N+]([O-])c1cccc(COCCCBr)c1. The van der Waals surface area contributed by atoms with Crippen molar-refractivity contribution < 1.29 is 9.66 Å². The van der Waals surface area contributed by atoms with Crippen LogP contribution in [0.25, 0.3) is 0 Å². The van der Waals surface area contributed by atoms with Gasteiger partial charge in [-0.3, -0.25) is 10.1 Å². The molecule has 0 fully saturated rings. The minimum Gasteiger partial charge on any atom is -0.377 e. The van der Waals surface area contributed by atoms with Crippen LogP contribution in [0.3, 0.4) is 0 Å². The second-order valence-corrected chi connectivity index (χ2v) is 3.82. The molecule has 0 bridgehead atoms. The molecule has 0 amide bonds. The van der Waals surface area contributed by atoms with E-state index in [-0.39, 0.29) is 5.69 Å². The molecule has 0 atom stereocenters. The summed E-state index contributed by atoms with van der Waals surface area (Å²) < 4.78 is 5.34. The van der Waals surface area contributed by atoms with Gasteiger partial charge < -0.3 is 4.74 Å². The summed E-state index contributed by atoms with van der Waals surface area (Å²) in [7, 11) is 0. The number of non-ortho nitro benzene ring substituents is 1. The number of hydrogen-bond acceptors (Lipinski definition) is 3. The van der Waals surface area contributed by atoms with Gasteiger partial charge >= 0.3 is 0 Å². The Kier molecular flexibility index (Phi) is 5.28. The van der Waals surface area contributed by atoms with Crippen molar-refractivity contribution in [3.8, 4) is 0 Å². The molecule has 0 saturated heterocycles. The molecule has 0 aromatic heterocycles. The van der Waals surface area contributed by atoms with Gasteiger partial charge in [0.15, 0.2) is 0 Å². The van der Waals surface area contributed by atoms with Crippen LogP contribution in [0.4, 0.5) is 5.69 Å². The van der Waals surface area contributed by atoms with E-state index in [0.717, 1.165) is 17.3 Å². The molecule has 1 aromatic carbocycles. The van der Waals surface area contributed by atoms with Crippen LogP contribution in [0.2, 0.25) is 0 Å². The number of rotatable bonds is 6. The monoisotopic (exact) mass is 273 g/mol. The second kappa shape index (κ2) is 6.53. The van der Waals surface area contributed by atoms with E-state index < -0.39 is 4.92 Å². The average molecular weight is 274 g/mol. The van der Waals surface area contributed by atoms with Gasteiger partial charge in [-0.1, -0.05) is 28.1 Å². The Hall–Kier alpha value is -0.940. The quantitative estimate of drug-likeness (QED) is 0.347. The fourth-order valence-electron chi connectivity index (χ4n) is 1.11. The molecular weight excluding hydrogens is 262 g/mol. The van der Waals surface area contributed by atoms with Crippen molar-refractivity contribution in [1.29, 1.82) is 0 Å². The lowest BCUT2D eigenvalue weighted by Crippen LogP contribution is -1.97. The fraction of sp³-hybridized carbons (Fsp3) is 0.400. The number of halogens is 1. The summed E-state index contributed by atoms with van der Waals surface area (Å²) in [6, 6.07) is 6.50. The average Bonchev–Trinajstić information content (AvgIpc) is 2.25. The summed E-state index contributed by atoms with van der Waals surface area (Å²) in [5.41, 5.74) is 0.940. The van der Waals surface area contributed by atoms with Crippen molar-refractivity contribution in [3.05, 3.63) is 39.9 Å². The van der Waals surface area contributed by atoms with E-state index in [4.69, 9.17) is 4.74 Å². The van der Waals surface area contributed by atoms with Crippen molar-refractivity contribution in [1.82, 2.24) is 0 Å². The highest BCUT2D eigenvalue weighted by Gasteiger charge is 2.04. The van der Waals surface area contributed by atoms with Gasteiger partial charge in [0.2, 0.25) is 0 Å². The number of nitro groups is 1. The van der Waals surface area contributed by atoms with Gasteiger partial charge in [0.25, 0.3) is 5.69 Å². The molecule has 0 N–H and O–H groups in total. The van der Waals surface area contributed by atoms with Crippen molar-refractivity contribution in [2.24, 2.45) is 0 Å². The number of nitro benzene ring substituents is 1. The van der Waals surface area contributed by atoms with E-state index in [1.165, 1.54) is 12.1 Å². The molecule has 4 nitrogen and oxygen atoms in total. The molecule has 0 radical (unpaired) electrons. The maximum absolute atomic E-state index is 10.5. The second-order valence-electron chi connectivity index (χ2n) is 3.02. The minimum absolute atomic E-state index is 0.108. The number of alkyl halides is 1. The molecule has 0 heterocycles. The van der Waals surface area contributed by atoms with E-state index >= 15 is 0 Å². The van der Waals surface area contributed by atoms with Gasteiger partial charge in [-0.25, -0.2) is 0 Å². The third-order valence-corrected chi connectivity index (χ3v) is 2.37. The van der Waals surface area contributed by atoms with Gasteiger partial charge in [-0.15, -0.1) is 0 Å². The molecule has 1 aromatic rings. The van der Waals surface area contributed by atoms with E-state index in [9.17, 15) is 10.1 Å². The standard InChI is InChI=1S/C10H12BrNO3/c11-5-2-6-15-8-9-3-1-4-10(7-9)12(13)14/h1,3-4,7H,2,5-6,8H2. The molecule has 0 aliphatic rings. The third kappa shape index (κ3) is 4.40. The predicted octanol–water partition coefficient (Wildman–Crippen LogP) is 2.90. The molecule has 0 spiro atoms. The molecule has 0 saturated carbocycles. The highest BCUT2D eigenvalue weighted by atomic mass is 79.9. The maximum atomic E-state index is 10.5. The van der Waals surface area contributed by atoms with Gasteiger partial charge in [0, 0.05) is 24.1 Å². The lowest BCUT2D eigenvalue weighted by atomic mass is 10.2. The van der Waals surface area contributed by atoms with Crippen LogP contribution >= 0.6 is 15.9 Å². The summed E-state index contributed by atoms with van der Waals surface area (Å²) in [4.78, 5) is 10.1. The maximum Gasteiger partial charge on any atom is 0.269 e. The molecule has 0 aliphatic carbocycles. The first-order chi connectivity index (χ1) is 7.24. The molecule has 15 heavy (non-hydrogen) atoms. The van der Waals surface area contributed by atoms with E-state index in [1.807, 2.05) is 6.07 Å². The normalized spacial score (nSPS) is 10.2. The zero-order valence-electron chi connectivity index (χ0n) is 8.19. The first-order valence-corrected chi connectivity index (χ1v) is 5.73. The predicted molar refractivity (Wildman–Crippen MR) is 61.2 cm³/mol. The molecule has 1 rings (SSSR count). The summed E-state index contributed by atoms with van der Waals surface area (Å²) in [6.45, 7) is 1.09. The van der Waals surface area contributed by atoms with Crippen LogP contribution in [0, 0.1) is 10.1 Å². The highest BCUT2D eigenvalue weighted by Crippen LogP contribution is 2.13.